The van der Waals surface area contributed by atoms with Crippen LogP contribution in [0.15, 0.2) is 54.7 Å². The number of amides is 1. The Morgan fingerprint density at radius 3 is 2.43 bits per heavy atom. The van der Waals surface area contributed by atoms with Crippen LogP contribution < -0.4 is 5.32 Å². The van der Waals surface area contributed by atoms with E-state index in [1.54, 1.807) is 6.07 Å². The third-order valence-corrected chi connectivity index (χ3v) is 5.70. The van der Waals surface area contributed by atoms with Crippen LogP contribution >= 0.6 is 0 Å². The second-order valence-electron chi connectivity index (χ2n) is 8.19. The molecule has 2 atom stereocenters. The maximum absolute atomic E-state index is 13.3. The van der Waals surface area contributed by atoms with E-state index >= 15 is 0 Å². The molecule has 0 aliphatic heterocycles. The SMILES string of the molecule is CC(C)C(C)NC(=O)CC(c1cccc(C(F)(F)F)c1)c1cn(C)c2ccccc12. The average molecular weight is 416 g/mol. The first-order valence-corrected chi connectivity index (χ1v) is 10.1. The number of hydrogen-bond donors (Lipinski definition) is 1. The molecule has 3 aromatic rings. The fourth-order valence-electron chi connectivity index (χ4n) is 3.65. The standard InChI is InChI=1S/C24H27F3N2O/c1-15(2)16(3)28-23(30)13-20(17-8-7-9-18(12-17)24(25,26)27)21-14-29(4)22-11-6-5-10-19(21)22/h5-12,14-16,20H,13H2,1-4H3,(H,28,30). The van der Waals surface area contributed by atoms with Crippen LogP contribution in [-0.4, -0.2) is 16.5 Å². The molecule has 160 valence electrons. The largest absolute Gasteiger partial charge is 0.416 e. The van der Waals surface area contributed by atoms with Crippen LogP contribution in [0.4, 0.5) is 13.2 Å². The zero-order valence-electron chi connectivity index (χ0n) is 17.6. The van der Waals surface area contributed by atoms with E-state index < -0.39 is 17.7 Å². The fourth-order valence-corrected chi connectivity index (χ4v) is 3.65. The lowest BCUT2D eigenvalue weighted by Gasteiger charge is -2.22. The van der Waals surface area contributed by atoms with Crippen LogP contribution in [0, 0.1) is 5.92 Å². The molecule has 1 heterocycles. The lowest BCUT2D eigenvalue weighted by molar-refractivity contribution is -0.137. The fraction of sp³-hybridized carbons (Fsp3) is 0.375. The van der Waals surface area contributed by atoms with Crippen molar-refractivity contribution in [1.82, 2.24) is 9.88 Å². The smallest absolute Gasteiger partial charge is 0.353 e. The highest BCUT2D eigenvalue weighted by atomic mass is 19.4. The molecule has 3 nitrogen and oxygen atoms in total. The number of carbonyl (C=O) groups is 1. The molecule has 0 aliphatic carbocycles. The van der Waals surface area contributed by atoms with E-state index in [4.69, 9.17) is 0 Å². The molecule has 0 spiro atoms. The van der Waals surface area contributed by atoms with E-state index in [0.29, 0.717) is 5.56 Å². The highest BCUT2D eigenvalue weighted by Crippen LogP contribution is 2.37. The number of carbonyl (C=O) groups excluding carboxylic acids is 1. The van der Waals surface area contributed by atoms with Crippen molar-refractivity contribution in [2.45, 2.75) is 45.3 Å². The van der Waals surface area contributed by atoms with Gasteiger partial charge in [-0.1, -0.05) is 50.2 Å². The van der Waals surface area contributed by atoms with Crippen LogP contribution in [0.25, 0.3) is 10.9 Å². The van der Waals surface area contributed by atoms with E-state index in [2.05, 4.69) is 5.32 Å². The van der Waals surface area contributed by atoms with Crippen molar-refractivity contribution in [1.29, 1.82) is 0 Å². The summed E-state index contributed by atoms with van der Waals surface area (Å²) in [5, 5.41) is 3.92. The van der Waals surface area contributed by atoms with Crippen molar-refractivity contribution in [2.75, 3.05) is 0 Å². The van der Waals surface area contributed by atoms with Gasteiger partial charge in [0.05, 0.1) is 5.56 Å². The van der Waals surface area contributed by atoms with Crippen LogP contribution in [-0.2, 0) is 18.0 Å². The molecule has 2 unspecified atom stereocenters. The van der Waals surface area contributed by atoms with Gasteiger partial charge in [0.15, 0.2) is 0 Å². The van der Waals surface area contributed by atoms with Crippen molar-refractivity contribution in [3.05, 3.63) is 71.4 Å². The van der Waals surface area contributed by atoms with Gasteiger partial charge in [-0.3, -0.25) is 4.79 Å². The second-order valence-corrected chi connectivity index (χ2v) is 8.19. The minimum absolute atomic E-state index is 0.0211. The molecule has 0 bridgehead atoms. The summed E-state index contributed by atoms with van der Waals surface area (Å²) in [6.07, 6.45) is -2.45. The number of benzene rings is 2. The lowest BCUT2D eigenvalue weighted by Crippen LogP contribution is -2.36. The topological polar surface area (TPSA) is 34.0 Å². The van der Waals surface area contributed by atoms with E-state index in [9.17, 15) is 18.0 Å². The Kier molecular flexibility index (Phi) is 6.25. The summed E-state index contributed by atoms with van der Waals surface area (Å²) in [6, 6.07) is 13.0. The predicted octanol–water partition coefficient (Wildman–Crippen LogP) is 5.88. The predicted molar refractivity (Wildman–Crippen MR) is 113 cm³/mol. The van der Waals surface area contributed by atoms with Crippen LogP contribution in [0.5, 0.6) is 0 Å². The summed E-state index contributed by atoms with van der Waals surface area (Å²) in [7, 11) is 1.90. The van der Waals surface area contributed by atoms with Crippen molar-refractivity contribution in [3.63, 3.8) is 0 Å². The van der Waals surface area contributed by atoms with E-state index in [-0.39, 0.29) is 24.3 Å². The van der Waals surface area contributed by atoms with E-state index in [1.807, 2.05) is 62.8 Å². The van der Waals surface area contributed by atoms with Gasteiger partial charge in [-0.15, -0.1) is 0 Å². The maximum atomic E-state index is 13.3. The molecule has 30 heavy (non-hydrogen) atoms. The number of aromatic nitrogens is 1. The van der Waals surface area contributed by atoms with Crippen molar-refractivity contribution in [2.24, 2.45) is 13.0 Å². The Balaban J connectivity index is 2.06. The molecule has 1 aromatic heterocycles. The van der Waals surface area contributed by atoms with Crippen molar-refractivity contribution >= 4 is 16.8 Å². The molecule has 1 N–H and O–H groups in total. The number of nitrogens with zero attached hydrogens (tertiary/aromatic N) is 1. The number of para-hydroxylation sites is 1. The molecule has 0 saturated heterocycles. The number of hydrogen-bond acceptors (Lipinski definition) is 1. The Hall–Kier alpha value is -2.76. The summed E-state index contributed by atoms with van der Waals surface area (Å²) in [4.78, 5) is 12.8. The molecule has 2 aromatic carbocycles. The lowest BCUT2D eigenvalue weighted by atomic mass is 9.87. The van der Waals surface area contributed by atoms with Crippen LogP contribution in [0.1, 0.15) is 49.8 Å². The quantitative estimate of drug-likeness (QED) is 0.535. The number of alkyl halides is 3. The van der Waals surface area contributed by atoms with Gasteiger partial charge in [0.25, 0.3) is 0 Å². The number of halogens is 3. The van der Waals surface area contributed by atoms with Crippen molar-refractivity contribution in [3.8, 4) is 0 Å². The molecule has 0 fully saturated rings. The molecule has 0 radical (unpaired) electrons. The summed E-state index contributed by atoms with van der Waals surface area (Å²) < 4.78 is 41.9. The van der Waals surface area contributed by atoms with Gasteiger partial charge in [-0.05, 0) is 36.1 Å². The minimum Gasteiger partial charge on any atom is -0.353 e. The molecule has 0 saturated carbocycles. The highest BCUT2D eigenvalue weighted by Gasteiger charge is 2.32. The van der Waals surface area contributed by atoms with Crippen LogP contribution in [0.2, 0.25) is 0 Å². The summed E-state index contributed by atoms with van der Waals surface area (Å²) in [6.45, 7) is 5.96. The number of rotatable bonds is 6. The average Bonchev–Trinajstić information content (AvgIpc) is 3.02. The number of aryl methyl sites for hydroxylation is 1. The monoisotopic (exact) mass is 416 g/mol. The van der Waals surface area contributed by atoms with Gasteiger partial charge < -0.3 is 9.88 Å². The second kappa shape index (κ2) is 8.54. The third-order valence-electron chi connectivity index (χ3n) is 5.70. The normalized spacial score (nSPS) is 14.1. The Bertz CT molecular complexity index is 1040. The zero-order chi connectivity index (χ0) is 22.1. The van der Waals surface area contributed by atoms with Crippen LogP contribution in [0.3, 0.4) is 0 Å². The van der Waals surface area contributed by atoms with E-state index in [0.717, 1.165) is 28.6 Å². The third kappa shape index (κ3) is 4.69. The summed E-state index contributed by atoms with van der Waals surface area (Å²) in [5.41, 5.74) is 1.59. The first-order valence-electron chi connectivity index (χ1n) is 10.1. The van der Waals surface area contributed by atoms with Gasteiger partial charge in [0, 0.05) is 42.5 Å². The molecule has 0 aliphatic rings. The maximum Gasteiger partial charge on any atom is 0.416 e. The van der Waals surface area contributed by atoms with Gasteiger partial charge in [0.1, 0.15) is 0 Å². The zero-order valence-corrected chi connectivity index (χ0v) is 17.6. The summed E-state index contributed by atoms with van der Waals surface area (Å²) >= 11 is 0. The molecule has 3 rings (SSSR count). The highest BCUT2D eigenvalue weighted by molar-refractivity contribution is 5.86. The molecular weight excluding hydrogens is 389 g/mol. The molecule has 1 amide bonds. The Morgan fingerprint density at radius 2 is 1.77 bits per heavy atom. The van der Waals surface area contributed by atoms with Crippen molar-refractivity contribution < 1.29 is 18.0 Å². The van der Waals surface area contributed by atoms with Gasteiger partial charge in [0.2, 0.25) is 5.91 Å². The number of nitrogens with one attached hydrogen (secondary N) is 1. The first-order chi connectivity index (χ1) is 14.1. The summed E-state index contributed by atoms with van der Waals surface area (Å²) in [5.74, 6) is -0.400. The minimum atomic E-state index is -4.44. The molecule has 6 heteroatoms. The van der Waals surface area contributed by atoms with Gasteiger partial charge in [-0.2, -0.15) is 13.2 Å². The first kappa shape index (κ1) is 21.9. The molecular formula is C24H27F3N2O. The number of fused-ring (bicyclic) bond motifs is 1. The van der Waals surface area contributed by atoms with Gasteiger partial charge in [-0.25, -0.2) is 0 Å². The van der Waals surface area contributed by atoms with E-state index in [1.165, 1.54) is 6.07 Å². The van der Waals surface area contributed by atoms with Gasteiger partial charge >= 0.3 is 6.18 Å². The Labute approximate surface area is 174 Å². The Morgan fingerprint density at radius 1 is 1.07 bits per heavy atom.